The molecule has 0 aromatic heterocycles. The Hall–Kier alpha value is -2.34. The summed E-state index contributed by atoms with van der Waals surface area (Å²) in [5.41, 5.74) is 5.76. The van der Waals surface area contributed by atoms with E-state index in [4.69, 9.17) is 10.8 Å². The fraction of sp³-hybridized carbons (Fsp3) is 0.737. The molecule has 0 rings (SSSR count). The van der Waals surface area contributed by atoms with Crippen LogP contribution in [0.2, 0.25) is 0 Å². The molecule has 178 valence electrons. The zero-order valence-corrected chi connectivity index (χ0v) is 19.2. The largest absolute Gasteiger partial charge is 0.481 e. The van der Waals surface area contributed by atoms with Gasteiger partial charge < -0.3 is 31.9 Å². The molecule has 4 atom stereocenters. The van der Waals surface area contributed by atoms with Gasteiger partial charge in [0.15, 0.2) is 0 Å². The van der Waals surface area contributed by atoms with Crippen LogP contribution in [0.25, 0.3) is 0 Å². The number of rotatable bonds is 15. The van der Waals surface area contributed by atoms with Crippen molar-refractivity contribution in [1.82, 2.24) is 16.0 Å². The summed E-state index contributed by atoms with van der Waals surface area (Å²) in [5.74, 6) is -3.79. The van der Waals surface area contributed by atoms with Crippen LogP contribution in [0, 0.1) is 5.92 Å². The van der Waals surface area contributed by atoms with Crippen molar-refractivity contribution in [2.75, 3.05) is 12.0 Å². The van der Waals surface area contributed by atoms with Crippen LogP contribution in [0.5, 0.6) is 0 Å². The van der Waals surface area contributed by atoms with Crippen LogP contribution in [-0.4, -0.2) is 76.0 Å². The number of carbonyl (C=O) groups excluding carboxylic acids is 3. The van der Waals surface area contributed by atoms with E-state index in [0.717, 1.165) is 0 Å². The molecule has 0 saturated carbocycles. The van der Waals surface area contributed by atoms with Crippen molar-refractivity contribution in [2.24, 2.45) is 11.7 Å². The van der Waals surface area contributed by atoms with E-state index in [-0.39, 0.29) is 18.8 Å². The van der Waals surface area contributed by atoms with E-state index in [9.17, 15) is 29.1 Å². The third-order valence-corrected chi connectivity index (χ3v) is 4.97. The summed E-state index contributed by atoms with van der Waals surface area (Å²) in [6.07, 6.45) is 1.81. The van der Waals surface area contributed by atoms with Crippen molar-refractivity contribution in [2.45, 2.75) is 70.6 Å². The Bertz CT molecular complexity index is 645. The minimum absolute atomic E-state index is 0.0148. The highest BCUT2D eigenvalue weighted by atomic mass is 32.2. The second-order valence-electron chi connectivity index (χ2n) is 7.64. The molecule has 31 heavy (non-hydrogen) atoms. The summed E-state index contributed by atoms with van der Waals surface area (Å²) in [4.78, 5) is 59.4. The van der Waals surface area contributed by atoms with Crippen molar-refractivity contribution >= 4 is 41.4 Å². The number of amides is 3. The predicted molar refractivity (Wildman–Crippen MR) is 116 cm³/mol. The number of carboxylic acids is 2. The monoisotopic (exact) mass is 462 g/mol. The Morgan fingerprint density at radius 3 is 1.94 bits per heavy atom. The molecule has 0 heterocycles. The summed E-state index contributed by atoms with van der Waals surface area (Å²) >= 11 is 1.53. The Balaban J connectivity index is 5.13. The van der Waals surface area contributed by atoms with E-state index in [2.05, 4.69) is 16.0 Å². The van der Waals surface area contributed by atoms with Gasteiger partial charge in [-0.05, 0) is 44.1 Å². The standard InChI is InChI=1S/C19H34N4O7S/c1-10(2)9-14(19(29)30)23-18(28)13(5-6-15(24)25)22-16(26)11(3)21-17(27)12(20)7-8-31-4/h10-14H,5-9,20H2,1-4H3,(H,21,27)(H,22,26)(H,23,28)(H,24,25)(H,29,30). The first-order valence-corrected chi connectivity index (χ1v) is 11.4. The van der Waals surface area contributed by atoms with Gasteiger partial charge in [0.05, 0.1) is 6.04 Å². The number of carbonyl (C=O) groups is 5. The van der Waals surface area contributed by atoms with Gasteiger partial charge in [-0.25, -0.2) is 4.79 Å². The second-order valence-corrected chi connectivity index (χ2v) is 8.63. The molecular formula is C19H34N4O7S. The van der Waals surface area contributed by atoms with Crippen molar-refractivity contribution in [3.63, 3.8) is 0 Å². The van der Waals surface area contributed by atoms with Crippen molar-refractivity contribution in [3.8, 4) is 0 Å². The number of nitrogens with one attached hydrogen (secondary N) is 3. The lowest BCUT2D eigenvalue weighted by atomic mass is 10.0. The summed E-state index contributed by atoms with van der Waals surface area (Å²) in [6, 6.07) is -4.27. The van der Waals surface area contributed by atoms with Gasteiger partial charge in [-0.15, -0.1) is 0 Å². The molecule has 4 unspecified atom stereocenters. The molecule has 0 aliphatic rings. The summed E-state index contributed by atoms with van der Waals surface area (Å²) in [6.45, 7) is 4.99. The Labute approximate surface area is 186 Å². The van der Waals surface area contributed by atoms with Crippen molar-refractivity contribution in [1.29, 1.82) is 0 Å². The zero-order chi connectivity index (χ0) is 24.1. The maximum Gasteiger partial charge on any atom is 0.326 e. The lowest BCUT2D eigenvalue weighted by molar-refractivity contribution is -0.143. The molecule has 11 nitrogen and oxygen atoms in total. The van der Waals surface area contributed by atoms with Crippen LogP contribution in [0.4, 0.5) is 0 Å². The molecule has 0 bridgehead atoms. The maximum absolute atomic E-state index is 12.6. The molecule has 0 radical (unpaired) electrons. The third-order valence-electron chi connectivity index (χ3n) is 4.32. The zero-order valence-electron chi connectivity index (χ0n) is 18.3. The van der Waals surface area contributed by atoms with Crippen LogP contribution >= 0.6 is 11.8 Å². The van der Waals surface area contributed by atoms with E-state index >= 15 is 0 Å². The Morgan fingerprint density at radius 2 is 1.45 bits per heavy atom. The SMILES string of the molecule is CSCCC(N)C(=O)NC(C)C(=O)NC(CCC(=O)O)C(=O)NC(CC(C)C)C(=O)O. The number of hydrogen-bond donors (Lipinski definition) is 6. The highest BCUT2D eigenvalue weighted by molar-refractivity contribution is 7.98. The number of hydrogen-bond acceptors (Lipinski definition) is 7. The van der Waals surface area contributed by atoms with Gasteiger partial charge in [-0.3, -0.25) is 19.2 Å². The second kappa shape index (κ2) is 14.6. The number of carboxylic acid groups (broad SMARTS) is 2. The lowest BCUT2D eigenvalue weighted by Gasteiger charge is -2.24. The van der Waals surface area contributed by atoms with Gasteiger partial charge in [0.25, 0.3) is 0 Å². The molecule has 3 amide bonds. The topological polar surface area (TPSA) is 188 Å². The van der Waals surface area contributed by atoms with Gasteiger partial charge >= 0.3 is 11.9 Å². The van der Waals surface area contributed by atoms with Crippen LogP contribution in [0.1, 0.15) is 46.5 Å². The van der Waals surface area contributed by atoms with Crippen LogP contribution in [0.15, 0.2) is 0 Å². The summed E-state index contributed by atoms with van der Waals surface area (Å²) in [7, 11) is 0. The van der Waals surface area contributed by atoms with E-state index in [0.29, 0.717) is 12.2 Å². The molecule has 0 aromatic rings. The van der Waals surface area contributed by atoms with Crippen molar-refractivity contribution in [3.05, 3.63) is 0 Å². The van der Waals surface area contributed by atoms with Crippen LogP contribution < -0.4 is 21.7 Å². The van der Waals surface area contributed by atoms with Crippen molar-refractivity contribution < 1.29 is 34.2 Å². The van der Waals surface area contributed by atoms with Gasteiger partial charge in [-0.1, -0.05) is 13.8 Å². The first-order valence-electron chi connectivity index (χ1n) is 9.99. The molecule has 0 aliphatic carbocycles. The minimum Gasteiger partial charge on any atom is -0.481 e. The van der Waals surface area contributed by atoms with E-state index in [1.807, 2.05) is 6.26 Å². The highest BCUT2D eigenvalue weighted by Crippen LogP contribution is 2.07. The molecule has 0 aromatic carbocycles. The van der Waals surface area contributed by atoms with Gasteiger partial charge in [0.1, 0.15) is 18.1 Å². The van der Waals surface area contributed by atoms with E-state index in [1.165, 1.54) is 18.7 Å². The smallest absolute Gasteiger partial charge is 0.326 e. The Kier molecular flexibility index (Phi) is 13.5. The number of nitrogens with two attached hydrogens (primary N) is 1. The molecule has 0 aliphatic heterocycles. The van der Waals surface area contributed by atoms with Crippen LogP contribution in [0.3, 0.4) is 0 Å². The van der Waals surface area contributed by atoms with Gasteiger partial charge in [-0.2, -0.15) is 11.8 Å². The fourth-order valence-corrected chi connectivity index (χ4v) is 3.05. The molecule has 7 N–H and O–H groups in total. The van der Waals surface area contributed by atoms with E-state index < -0.39 is 60.2 Å². The van der Waals surface area contributed by atoms with Crippen LogP contribution in [-0.2, 0) is 24.0 Å². The number of thioether (sulfide) groups is 1. The molecule has 0 spiro atoms. The molecular weight excluding hydrogens is 428 g/mol. The summed E-state index contributed by atoms with van der Waals surface area (Å²) < 4.78 is 0. The normalized spacial score (nSPS) is 14.8. The molecule has 12 heteroatoms. The first kappa shape index (κ1) is 28.7. The Morgan fingerprint density at radius 1 is 0.871 bits per heavy atom. The maximum atomic E-state index is 12.6. The third kappa shape index (κ3) is 12.2. The summed E-state index contributed by atoms with van der Waals surface area (Å²) in [5, 5.41) is 25.4. The quantitative estimate of drug-likeness (QED) is 0.187. The predicted octanol–water partition coefficient (Wildman–Crippen LogP) is -0.463. The number of aliphatic carboxylic acids is 2. The highest BCUT2D eigenvalue weighted by Gasteiger charge is 2.29. The van der Waals surface area contributed by atoms with E-state index in [1.54, 1.807) is 13.8 Å². The average molecular weight is 463 g/mol. The molecule has 0 fully saturated rings. The van der Waals surface area contributed by atoms with Gasteiger partial charge in [0, 0.05) is 6.42 Å². The first-order chi connectivity index (χ1) is 14.4. The fourth-order valence-electron chi connectivity index (χ4n) is 2.56. The average Bonchev–Trinajstić information content (AvgIpc) is 2.67. The lowest BCUT2D eigenvalue weighted by Crippen LogP contribution is -2.56. The van der Waals surface area contributed by atoms with Gasteiger partial charge in [0.2, 0.25) is 17.7 Å². The molecule has 0 saturated heterocycles. The minimum atomic E-state index is -1.28.